The van der Waals surface area contributed by atoms with Gasteiger partial charge in [0.1, 0.15) is 5.54 Å². The van der Waals surface area contributed by atoms with Crippen molar-refractivity contribution in [2.75, 3.05) is 19.6 Å². The molecule has 5 heteroatoms. The highest BCUT2D eigenvalue weighted by atomic mass is 16.2. The van der Waals surface area contributed by atoms with Gasteiger partial charge in [-0.05, 0) is 39.2 Å². The minimum absolute atomic E-state index is 0.00363. The molecule has 19 heavy (non-hydrogen) atoms. The Morgan fingerprint density at radius 3 is 2.79 bits per heavy atom. The Morgan fingerprint density at radius 2 is 2.11 bits per heavy atom. The Kier molecular flexibility index (Phi) is 4.13. The third-order valence-electron chi connectivity index (χ3n) is 4.65. The lowest BCUT2D eigenvalue weighted by molar-refractivity contribution is -0.154. The summed E-state index contributed by atoms with van der Waals surface area (Å²) in [4.78, 5) is 26.5. The minimum Gasteiger partial charge on any atom is -0.352 e. The van der Waals surface area contributed by atoms with Crippen molar-refractivity contribution in [1.82, 2.24) is 10.2 Å². The standard InChI is InChI=1S/C14H25N3O2/c1-14(2)13(19)16-7-8-17(14)12(18)11-6-4-3-5-10(11)9-15/h10-11H,3-9,15H2,1-2H3,(H,16,19). The first kappa shape index (κ1) is 14.3. The van der Waals surface area contributed by atoms with Gasteiger partial charge in [0, 0.05) is 19.0 Å². The van der Waals surface area contributed by atoms with Crippen molar-refractivity contribution in [3.05, 3.63) is 0 Å². The molecule has 2 rings (SSSR count). The van der Waals surface area contributed by atoms with Gasteiger partial charge >= 0.3 is 0 Å². The van der Waals surface area contributed by atoms with Gasteiger partial charge in [-0.1, -0.05) is 12.8 Å². The molecule has 2 unspecified atom stereocenters. The zero-order valence-corrected chi connectivity index (χ0v) is 11.9. The van der Waals surface area contributed by atoms with Crippen LogP contribution in [0.15, 0.2) is 0 Å². The summed E-state index contributed by atoms with van der Waals surface area (Å²) in [5.41, 5.74) is 5.06. The van der Waals surface area contributed by atoms with Crippen molar-refractivity contribution in [3.63, 3.8) is 0 Å². The summed E-state index contributed by atoms with van der Waals surface area (Å²) in [5.74, 6) is 0.341. The van der Waals surface area contributed by atoms with E-state index in [0.717, 1.165) is 25.7 Å². The van der Waals surface area contributed by atoms with E-state index in [9.17, 15) is 9.59 Å². The van der Waals surface area contributed by atoms with Gasteiger partial charge in [0.25, 0.3) is 0 Å². The topological polar surface area (TPSA) is 75.4 Å². The number of piperazine rings is 1. The lowest BCUT2D eigenvalue weighted by Gasteiger charge is -2.44. The van der Waals surface area contributed by atoms with Crippen LogP contribution < -0.4 is 11.1 Å². The SMILES string of the molecule is CC1(C)C(=O)NCCN1C(=O)C1CCCCC1CN. The van der Waals surface area contributed by atoms with Crippen molar-refractivity contribution >= 4 is 11.8 Å². The molecular weight excluding hydrogens is 242 g/mol. The summed E-state index contributed by atoms with van der Waals surface area (Å²) in [6.45, 7) is 5.36. The first-order valence-corrected chi connectivity index (χ1v) is 7.28. The molecule has 1 aliphatic heterocycles. The van der Waals surface area contributed by atoms with E-state index in [-0.39, 0.29) is 23.7 Å². The van der Waals surface area contributed by atoms with Gasteiger partial charge in [0.2, 0.25) is 11.8 Å². The summed E-state index contributed by atoms with van der Waals surface area (Å²) < 4.78 is 0. The molecular formula is C14H25N3O2. The Morgan fingerprint density at radius 1 is 1.42 bits per heavy atom. The second-order valence-corrected chi connectivity index (χ2v) is 6.19. The van der Waals surface area contributed by atoms with Crippen LogP contribution in [0.1, 0.15) is 39.5 Å². The van der Waals surface area contributed by atoms with Crippen LogP contribution in [0.2, 0.25) is 0 Å². The van der Waals surface area contributed by atoms with E-state index in [2.05, 4.69) is 5.32 Å². The average molecular weight is 267 g/mol. The van der Waals surface area contributed by atoms with Gasteiger partial charge in [0.15, 0.2) is 0 Å². The van der Waals surface area contributed by atoms with E-state index in [1.54, 1.807) is 4.90 Å². The van der Waals surface area contributed by atoms with Crippen LogP contribution in [0.5, 0.6) is 0 Å². The van der Waals surface area contributed by atoms with Crippen LogP contribution in [0, 0.1) is 11.8 Å². The monoisotopic (exact) mass is 267 g/mol. The molecule has 0 aromatic heterocycles. The highest BCUT2D eigenvalue weighted by Crippen LogP contribution is 2.33. The average Bonchev–Trinajstić information content (AvgIpc) is 2.41. The Balaban J connectivity index is 2.15. The molecule has 1 aliphatic carbocycles. The predicted octanol–water partition coefficient (Wildman–Crippen LogP) is 0.489. The molecule has 0 aromatic rings. The second-order valence-electron chi connectivity index (χ2n) is 6.19. The Labute approximate surface area is 114 Å². The van der Waals surface area contributed by atoms with Gasteiger partial charge in [0.05, 0.1) is 0 Å². The lowest BCUT2D eigenvalue weighted by Crippen LogP contribution is -2.64. The normalized spacial score (nSPS) is 30.9. The molecule has 1 heterocycles. The maximum atomic E-state index is 12.8. The minimum atomic E-state index is -0.744. The fourth-order valence-corrected chi connectivity index (χ4v) is 3.30. The molecule has 0 bridgehead atoms. The van der Waals surface area contributed by atoms with Crippen LogP contribution in [0.3, 0.4) is 0 Å². The first-order chi connectivity index (χ1) is 8.98. The van der Waals surface area contributed by atoms with E-state index < -0.39 is 5.54 Å². The molecule has 2 fully saturated rings. The molecule has 1 saturated heterocycles. The summed E-state index contributed by atoms with van der Waals surface area (Å²) in [7, 11) is 0. The number of carbonyl (C=O) groups excluding carboxylic acids is 2. The number of carbonyl (C=O) groups is 2. The van der Waals surface area contributed by atoms with Crippen LogP contribution >= 0.6 is 0 Å². The van der Waals surface area contributed by atoms with Crippen molar-refractivity contribution in [2.24, 2.45) is 17.6 Å². The van der Waals surface area contributed by atoms with Gasteiger partial charge < -0.3 is 16.0 Å². The van der Waals surface area contributed by atoms with E-state index in [1.807, 2.05) is 13.8 Å². The maximum absolute atomic E-state index is 12.8. The number of nitrogens with two attached hydrogens (primary N) is 1. The summed E-state index contributed by atoms with van der Waals surface area (Å²) in [6.07, 6.45) is 4.20. The van der Waals surface area contributed by atoms with Crippen LogP contribution in [-0.4, -0.2) is 41.9 Å². The number of amides is 2. The van der Waals surface area contributed by atoms with Crippen LogP contribution in [-0.2, 0) is 9.59 Å². The van der Waals surface area contributed by atoms with Crippen molar-refractivity contribution in [1.29, 1.82) is 0 Å². The molecule has 0 aromatic carbocycles. The van der Waals surface area contributed by atoms with E-state index in [0.29, 0.717) is 19.6 Å². The number of hydrogen-bond acceptors (Lipinski definition) is 3. The van der Waals surface area contributed by atoms with E-state index in [1.165, 1.54) is 0 Å². The third kappa shape index (κ3) is 2.61. The quantitative estimate of drug-likeness (QED) is 0.764. The summed E-state index contributed by atoms with van der Waals surface area (Å²) in [6, 6.07) is 0. The highest BCUT2D eigenvalue weighted by Gasteiger charge is 2.44. The summed E-state index contributed by atoms with van der Waals surface area (Å²) in [5, 5.41) is 2.83. The number of rotatable bonds is 2. The van der Waals surface area contributed by atoms with Gasteiger partial charge in [-0.3, -0.25) is 9.59 Å². The zero-order valence-electron chi connectivity index (χ0n) is 11.9. The van der Waals surface area contributed by atoms with Crippen LogP contribution in [0.25, 0.3) is 0 Å². The van der Waals surface area contributed by atoms with Crippen molar-refractivity contribution < 1.29 is 9.59 Å². The molecule has 108 valence electrons. The molecule has 2 aliphatic rings. The maximum Gasteiger partial charge on any atom is 0.245 e. The molecule has 5 nitrogen and oxygen atoms in total. The molecule has 1 saturated carbocycles. The third-order valence-corrected chi connectivity index (χ3v) is 4.65. The van der Waals surface area contributed by atoms with E-state index in [4.69, 9.17) is 5.73 Å². The first-order valence-electron chi connectivity index (χ1n) is 7.28. The van der Waals surface area contributed by atoms with Gasteiger partial charge in [-0.2, -0.15) is 0 Å². The zero-order chi connectivity index (χ0) is 14.0. The Hall–Kier alpha value is -1.10. The molecule has 2 atom stereocenters. The number of nitrogens with zero attached hydrogens (tertiary/aromatic N) is 1. The van der Waals surface area contributed by atoms with Crippen molar-refractivity contribution in [3.8, 4) is 0 Å². The van der Waals surface area contributed by atoms with Gasteiger partial charge in [-0.15, -0.1) is 0 Å². The lowest BCUT2D eigenvalue weighted by atomic mass is 9.77. The summed E-state index contributed by atoms with van der Waals surface area (Å²) >= 11 is 0. The van der Waals surface area contributed by atoms with Gasteiger partial charge in [-0.25, -0.2) is 0 Å². The largest absolute Gasteiger partial charge is 0.352 e. The Bertz CT molecular complexity index is 368. The number of hydrogen-bond donors (Lipinski definition) is 2. The predicted molar refractivity (Wildman–Crippen MR) is 73.3 cm³/mol. The van der Waals surface area contributed by atoms with Crippen LogP contribution in [0.4, 0.5) is 0 Å². The number of nitrogens with one attached hydrogen (secondary N) is 1. The fraction of sp³-hybridized carbons (Fsp3) is 0.857. The van der Waals surface area contributed by atoms with E-state index >= 15 is 0 Å². The molecule has 0 radical (unpaired) electrons. The molecule has 0 spiro atoms. The van der Waals surface area contributed by atoms with Crippen molar-refractivity contribution in [2.45, 2.75) is 45.1 Å². The second kappa shape index (κ2) is 5.49. The molecule has 2 amide bonds. The molecule has 3 N–H and O–H groups in total. The smallest absolute Gasteiger partial charge is 0.245 e. The highest BCUT2D eigenvalue weighted by molar-refractivity contribution is 5.92. The fourth-order valence-electron chi connectivity index (χ4n) is 3.30.